The molecule has 2 nitrogen and oxygen atoms in total. The van der Waals surface area contributed by atoms with Gasteiger partial charge in [0.25, 0.3) is 0 Å². The summed E-state index contributed by atoms with van der Waals surface area (Å²) in [6.45, 7) is 14.6. The quantitative estimate of drug-likeness (QED) is 0.637. The predicted molar refractivity (Wildman–Crippen MR) is 81.5 cm³/mol. The standard InChI is InChI=1S/C16H20N2/c1-5-9-10-11-15(7-3)18-16(8-4)13-12-14(17)6-2/h5-13,18H,1-4,17H2/b10-9-,14-12+,15-11+,16-13+. The zero-order valence-corrected chi connectivity index (χ0v) is 10.6. The summed E-state index contributed by atoms with van der Waals surface area (Å²) < 4.78 is 0. The first-order chi connectivity index (χ1) is 8.67. The van der Waals surface area contributed by atoms with Crippen molar-refractivity contribution in [1.29, 1.82) is 0 Å². The molecule has 0 aliphatic rings. The third kappa shape index (κ3) is 6.90. The molecule has 0 atom stereocenters. The van der Waals surface area contributed by atoms with Crippen LogP contribution in [0.3, 0.4) is 0 Å². The van der Waals surface area contributed by atoms with E-state index in [0.717, 1.165) is 11.4 Å². The molecule has 0 aliphatic carbocycles. The molecule has 0 saturated carbocycles. The van der Waals surface area contributed by atoms with Crippen molar-refractivity contribution in [2.45, 2.75) is 0 Å². The maximum atomic E-state index is 5.62. The van der Waals surface area contributed by atoms with Gasteiger partial charge in [-0.3, -0.25) is 0 Å². The van der Waals surface area contributed by atoms with Crippen LogP contribution in [0, 0.1) is 0 Å². The third-order valence-electron chi connectivity index (χ3n) is 1.94. The van der Waals surface area contributed by atoms with Crippen LogP contribution in [0.5, 0.6) is 0 Å². The van der Waals surface area contributed by atoms with Crippen LogP contribution in [0.4, 0.5) is 0 Å². The van der Waals surface area contributed by atoms with E-state index in [2.05, 4.69) is 31.6 Å². The number of nitrogens with two attached hydrogens (primary N) is 1. The SMILES string of the molecule is C=C/C=C\C=C(/C=C)N/C(C=C)=C/C=C(/N)C=C. The molecule has 0 unspecified atom stereocenters. The van der Waals surface area contributed by atoms with Crippen LogP contribution >= 0.6 is 0 Å². The molecule has 0 aromatic carbocycles. The van der Waals surface area contributed by atoms with Gasteiger partial charge in [0, 0.05) is 17.1 Å². The predicted octanol–water partition coefficient (Wildman–Crippen LogP) is 3.49. The van der Waals surface area contributed by atoms with E-state index in [1.807, 2.05) is 24.3 Å². The van der Waals surface area contributed by atoms with Crippen molar-refractivity contribution in [1.82, 2.24) is 5.32 Å². The second kappa shape index (κ2) is 9.73. The van der Waals surface area contributed by atoms with E-state index in [1.54, 1.807) is 30.4 Å². The number of allylic oxidation sites excluding steroid dienone is 9. The summed E-state index contributed by atoms with van der Waals surface area (Å²) in [5, 5.41) is 3.16. The lowest BCUT2D eigenvalue weighted by atomic mass is 10.3. The highest BCUT2D eigenvalue weighted by molar-refractivity contribution is 5.32. The molecular weight excluding hydrogens is 220 g/mol. The average molecular weight is 240 g/mol. The highest BCUT2D eigenvalue weighted by atomic mass is 14.9. The minimum Gasteiger partial charge on any atom is -0.399 e. The Morgan fingerprint density at radius 2 is 1.39 bits per heavy atom. The van der Waals surface area contributed by atoms with Crippen molar-refractivity contribution in [2.24, 2.45) is 5.73 Å². The van der Waals surface area contributed by atoms with Crippen molar-refractivity contribution in [2.75, 3.05) is 0 Å². The lowest BCUT2D eigenvalue weighted by Gasteiger charge is -2.06. The molecule has 0 amide bonds. The molecule has 0 heterocycles. The fraction of sp³-hybridized carbons (Fsp3) is 0. The van der Waals surface area contributed by atoms with E-state index < -0.39 is 0 Å². The van der Waals surface area contributed by atoms with Gasteiger partial charge in [-0.1, -0.05) is 44.5 Å². The minimum absolute atomic E-state index is 0.590. The second-order valence-corrected chi connectivity index (χ2v) is 3.27. The van der Waals surface area contributed by atoms with E-state index in [4.69, 9.17) is 5.73 Å². The molecule has 18 heavy (non-hydrogen) atoms. The fourth-order valence-corrected chi connectivity index (χ4v) is 0.980. The van der Waals surface area contributed by atoms with Gasteiger partial charge in [0.2, 0.25) is 0 Å². The summed E-state index contributed by atoms with van der Waals surface area (Å²) in [5.41, 5.74) is 7.88. The molecule has 0 radical (unpaired) electrons. The topological polar surface area (TPSA) is 38.0 Å². The van der Waals surface area contributed by atoms with Gasteiger partial charge in [0.15, 0.2) is 0 Å². The minimum atomic E-state index is 0.590. The normalized spacial score (nSPS) is 13.2. The monoisotopic (exact) mass is 240 g/mol. The van der Waals surface area contributed by atoms with Crippen LogP contribution in [0.25, 0.3) is 0 Å². The molecule has 0 saturated heterocycles. The zero-order chi connectivity index (χ0) is 13.8. The first kappa shape index (κ1) is 15.5. The Balaban J connectivity index is 4.89. The van der Waals surface area contributed by atoms with Crippen LogP contribution in [0.2, 0.25) is 0 Å². The number of nitrogens with one attached hydrogen (secondary N) is 1. The molecule has 0 fully saturated rings. The zero-order valence-electron chi connectivity index (χ0n) is 10.6. The van der Waals surface area contributed by atoms with Crippen molar-refractivity contribution >= 4 is 0 Å². The van der Waals surface area contributed by atoms with Gasteiger partial charge in [-0.25, -0.2) is 0 Å². The maximum absolute atomic E-state index is 5.62. The van der Waals surface area contributed by atoms with Gasteiger partial charge in [0.05, 0.1) is 0 Å². The summed E-state index contributed by atoms with van der Waals surface area (Å²) in [6.07, 6.45) is 15.8. The summed E-state index contributed by atoms with van der Waals surface area (Å²) in [7, 11) is 0. The van der Waals surface area contributed by atoms with Gasteiger partial charge < -0.3 is 11.1 Å². The maximum Gasteiger partial charge on any atom is 0.0379 e. The van der Waals surface area contributed by atoms with Gasteiger partial charge in [-0.15, -0.1) is 0 Å². The first-order valence-corrected chi connectivity index (χ1v) is 5.49. The van der Waals surface area contributed by atoms with E-state index in [-0.39, 0.29) is 0 Å². The fourth-order valence-electron chi connectivity index (χ4n) is 0.980. The molecule has 0 aromatic heterocycles. The molecule has 0 spiro atoms. The average Bonchev–Trinajstić information content (AvgIpc) is 2.41. The van der Waals surface area contributed by atoms with Crippen LogP contribution in [0.1, 0.15) is 0 Å². The Morgan fingerprint density at radius 3 is 1.89 bits per heavy atom. The highest BCUT2D eigenvalue weighted by Crippen LogP contribution is 2.00. The lowest BCUT2D eigenvalue weighted by molar-refractivity contribution is 1.05. The summed E-state index contributed by atoms with van der Waals surface area (Å²) in [4.78, 5) is 0. The molecular formula is C16H20N2. The Morgan fingerprint density at radius 1 is 0.778 bits per heavy atom. The largest absolute Gasteiger partial charge is 0.399 e. The molecule has 0 aliphatic heterocycles. The van der Waals surface area contributed by atoms with Crippen LogP contribution in [0.15, 0.2) is 98.1 Å². The van der Waals surface area contributed by atoms with Gasteiger partial charge in [-0.2, -0.15) is 0 Å². The molecule has 0 bridgehead atoms. The molecule has 0 rings (SSSR count). The number of rotatable bonds is 8. The smallest absolute Gasteiger partial charge is 0.0379 e. The molecule has 2 heteroatoms. The van der Waals surface area contributed by atoms with E-state index in [9.17, 15) is 0 Å². The van der Waals surface area contributed by atoms with E-state index in [0.29, 0.717) is 5.70 Å². The summed E-state index contributed by atoms with van der Waals surface area (Å²) in [5.74, 6) is 0. The number of hydrogen-bond donors (Lipinski definition) is 2. The van der Waals surface area contributed by atoms with Gasteiger partial charge in [-0.05, 0) is 36.5 Å². The van der Waals surface area contributed by atoms with Gasteiger partial charge >= 0.3 is 0 Å². The first-order valence-electron chi connectivity index (χ1n) is 5.49. The van der Waals surface area contributed by atoms with Crippen molar-refractivity contribution in [3.63, 3.8) is 0 Å². The van der Waals surface area contributed by atoms with Crippen LogP contribution in [-0.4, -0.2) is 0 Å². The molecule has 94 valence electrons. The van der Waals surface area contributed by atoms with Gasteiger partial charge in [0.1, 0.15) is 0 Å². The Bertz CT molecular complexity index is 432. The number of hydrogen-bond acceptors (Lipinski definition) is 2. The summed E-state index contributed by atoms with van der Waals surface area (Å²) in [6, 6.07) is 0. The third-order valence-corrected chi connectivity index (χ3v) is 1.94. The molecule has 3 N–H and O–H groups in total. The Hall–Kier alpha value is -2.48. The van der Waals surface area contributed by atoms with Crippen molar-refractivity contribution in [3.05, 3.63) is 98.1 Å². The van der Waals surface area contributed by atoms with Crippen molar-refractivity contribution < 1.29 is 0 Å². The summed E-state index contributed by atoms with van der Waals surface area (Å²) >= 11 is 0. The highest BCUT2D eigenvalue weighted by Gasteiger charge is 1.91. The van der Waals surface area contributed by atoms with E-state index in [1.165, 1.54) is 0 Å². The van der Waals surface area contributed by atoms with Crippen molar-refractivity contribution in [3.8, 4) is 0 Å². The Kier molecular flexibility index (Phi) is 8.39. The van der Waals surface area contributed by atoms with E-state index >= 15 is 0 Å². The Labute approximate surface area is 110 Å². The van der Waals surface area contributed by atoms with Crippen LogP contribution in [-0.2, 0) is 0 Å². The molecule has 0 aromatic rings. The lowest BCUT2D eigenvalue weighted by Crippen LogP contribution is -2.09. The van der Waals surface area contributed by atoms with Crippen LogP contribution < -0.4 is 11.1 Å². The second-order valence-electron chi connectivity index (χ2n) is 3.27.